The molecule has 4 heteroatoms. The topological polar surface area (TPSA) is 25.2 Å². The highest BCUT2D eigenvalue weighted by atomic mass is 35.5. The molecular formula is C12H13ClFNO. The van der Waals surface area contributed by atoms with E-state index in [4.69, 9.17) is 16.0 Å². The van der Waals surface area contributed by atoms with Crippen LogP contribution in [0.3, 0.4) is 0 Å². The van der Waals surface area contributed by atoms with Crippen LogP contribution in [0.15, 0.2) is 16.5 Å². The van der Waals surface area contributed by atoms with Crippen molar-refractivity contribution < 1.29 is 8.81 Å². The van der Waals surface area contributed by atoms with E-state index in [9.17, 15) is 4.39 Å². The molecule has 0 unspecified atom stereocenters. The first kappa shape index (κ1) is 11.4. The Morgan fingerprint density at radius 1 is 1.44 bits per heavy atom. The van der Waals surface area contributed by atoms with Gasteiger partial charge in [-0.3, -0.25) is 0 Å². The van der Waals surface area contributed by atoms with E-state index in [2.05, 4.69) is 5.32 Å². The molecule has 2 rings (SSSR count). The van der Waals surface area contributed by atoms with Gasteiger partial charge in [-0.1, -0.05) is 18.5 Å². The summed E-state index contributed by atoms with van der Waals surface area (Å²) in [6.45, 7) is 2.64. The van der Waals surface area contributed by atoms with E-state index >= 15 is 0 Å². The average Bonchev–Trinajstić information content (AvgIpc) is 2.56. The first-order chi connectivity index (χ1) is 7.67. The predicted octanol–water partition coefficient (Wildman–Crippen LogP) is 3.51. The molecule has 0 atom stereocenters. The quantitative estimate of drug-likeness (QED) is 0.890. The van der Waals surface area contributed by atoms with Crippen LogP contribution in [0.25, 0.3) is 11.0 Å². The SMILES string of the molecule is CCc1c(CNC)oc2c(Cl)cc(F)cc12. The van der Waals surface area contributed by atoms with Crippen molar-refractivity contribution in [2.24, 2.45) is 0 Å². The number of halogens is 2. The van der Waals surface area contributed by atoms with E-state index in [-0.39, 0.29) is 5.82 Å². The standard InChI is InChI=1S/C12H13ClFNO/c1-3-8-9-4-7(14)5-10(13)12(9)16-11(8)6-15-2/h4-5,15H,3,6H2,1-2H3. The number of benzene rings is 1. The van der Waals surface area contributed by atoms with Crippen molar-refractivity contribution in [2.75, 3.05) is 7.05 Å². The lowest BCUT2D eigenvalue weighted by molar-refractivity contribution is 0.524. The molecule has 0 radical (unpaired) electrons. The van der Waals surface area contributed by atoms with Crippen LogP contribution in [-0.2, 0) is 13.0 Å². The monoisotopic (exact) mass is 241 g/mol. The van der Waals surface area contributed by atoms with Crippen molar-refractivity contribution >= 4 is 22.6 Å². The van der Waals surface area contributed by atoms with Gasteiger partial charge in [0.15, 0.2) is 5.58 Å². The number of furan rings is 1. The lowest BCUT2D eigenvalue weighted by atomic mass is 10.1. The van der Waals surface area contributed by atoms with E-state index in [1.165, 1.54) is 12.1 Å². The number of nitrogens with one attached hydrogen (secondary N) is 1. The van der Waals surface area contributed by atoms with Crippen molar-refractivity contribution in [3.63, 3.8) is 0 Å². The molecule has 16 heavy (non-hydrogen) atoms. The fourth-order valence-corrected chi connectivity index (χ4v) is 2.16. The summed E-state index contributed by atoms with van der Waals surface area (Å²) < 4.78 is 18.9. The molecule has 0 saturated heterocycles. The highest BCUT2D eigenvalue weighted by Crippen LogP contribution is 2.32. The lowest BCUT2D eigenvalue weighted by Gasteiger charge is -1.98. The third kappa shape index (κ3) is 1.81. The maximum absolute atomic E-state index is 13.3. The lowest BCUT2D eigenvalue weighted by Crippen LogP contribution is -2.05. The molecule has 2 aromatic rings. The summed E-state index contributed by atoms with van der Waals surface area (Å²) in [6.07, 6.45) is 0.795. The summed E-state index contributed by atoms with van der Waals surface area (Å²) >= 11 is 5.95. The van der Waals surface area contributed by atoms with E-state index < -0.39 is 0 Å². The van der Waals surface area contributed by atoms with Crippen LogP contribution in [0.5, 0.6) is 0 Å². The van der Waals surface area contributed by atoms with Gasteiger partial charge < -0.3 is 9.73 Å². The molecule has 0 amide bonds. The minimum absolute atomic E-state index is 0.326. The Balaban J connectivity index is 2.71. The zero-order chi connectivity index (χ0) is 11.7. The van der Waals surface area contributed by atoms with Crippen molar-refractivity contribution in [3.8, 4) is 0 Å². The molecule has 0 spiro atoms. The summed E-state index contributed by atoms with van der Waals surface area (Å²) in [7, 11) is 1.84. The maximum atomic E-state index is 13.3. The normalized spacial score (nSPS) is 11.2. The molecule has 0 aliphatic heterocycles. The number of hydrogen-bond donors (Lipinski definition) is 1. The first-order valence-electron chi connectivity index (χ1n) is 5.21. The average molecular weight is 242 g/mol. The highest BCUT2D eigenvalue weighted by Gasteiger charge is 2.15. The molecule has 0 bridgehead atoms. The molecule has 0 saturated carbocycles. The van der Waals surface area contributed by atoms with Crippen LogP contribution in [-0.4, -0.2) is 7.05 Å². The summed E-state index contributed by atoms with van der Waals surface area (Å²) in [5.74, 6) is 0.497. The molecule has 86 valence electrons. The second-order valence-corrected chi connectivity index (χ2v) is 4.06. The van der Waals surface area contributed by atoms with Gasteiger partial charge in [0.1, 0.15) is 11.6 Å². The second kappa shape index (κ2) is 4.44. The van der Waals surface area contributed by atoms with Crippen LogP contribution < -0.4 is 5.32 Å². The van der Waals surface area contributed by atoms with Crippen molar-refractivity contribution in [1.82, 2.24) is 5.32 Å². The van der Waals surface area contributed by atoms with Gasteiger partial charge in [0.05, 0.1) is 11.6 Å². The maximum Gasteiger partial charge on any atom is 0.153 e. The Bertz CT molecular complexity index is 521. The summed E-state index contributed by atoms with van der Waals surface area (Å²) in [6, 6.07) is 2.75. The molecule has 0 aliphatic carbocycles. The van der Waals surface area contributed by atoms with Crippen LogP contribution in [0.2, 0.25) is 5.02 Å². The minimum atomic E-state index is -0.330. The molecule has 1 N–H and O–H groups in total. The van der Waals surface area contributed by atoms with E-state index in [0.29, 0.717) is 17.2 Å². The molecule has 1 heterocycles. The van der Waals surface area contributed by atoms with Crippen molar-refractivity contribution in [1.29, 1.82) is 0 Å². The summed E-state index contributed by atoms with van der Waals surface area (Å²) in [5, 5.41) is 4.12. The van der Waals surface area contributed by atoms with Crippen LogP contribution >= 0.6 is 11.6 Å². The number of hydrogen-bond acceptors (Lipinski definition) is 2. The van der Waals surface area contributed by atoms with Crippen LogP contribution in [0, 0.1) is 5.82 Å². The van der Waals surface area contributed by atoms with Crippen LogP contribution in [0.1, 0.15) is 18.2 Å². The van der Waals surface area contributed by atoms with E-state index in [1.807, 2.05) is 14.0 Å². The summed E-state index contributed by atoms with van der Waals surface area (Å²) in [5.41, 5.74) is 1.59. The number of rotatable bonds is 3. The van der Waals surface area contributed by atoms with Crippen molar-refractivity contribution in [2.45, 2.75) is 19.9 Å². The second-order valence-electron chi connectivity index (χ2n) is 3.65. The third-order valence-corrected chi connectivity index (χ3v) is 2.87. The van der Waals surface area contributed by atoms with Gasteiger partial charge in [-0.05, 0) is 25.6 Å². The van der Waals surface area contributed by atoms with Gasteiger partial charge in [-0.25, -0.2) is 4.39 Å². The first-order valence-corrected chi connectivity index (χ1v) is 5.59. The Labute approximate surface area is 98.4 Å². The van der Waals surface area contributed by atoms with Crippen molar-refractivity contribution in [3.05, 3.63) is 34.3 Å². The fourth-order valence-electron chi connectivity index (χ4n) is 1.91. The van der Waals surface area contributed by atoms with Gasteiger partial charge in [0.25, 0.3) is 0 Å². The van der Waals surface area contributed by atoms with Gasteiger partial charge in [-0.15, -0.1) is 0 Å². The molecular weight excluding hydrogens is 229 g/mol. The molecule has 1 aromatic carbocycles. The fraction of sp³-hybridized carbons (Fsp3) is 0.333. The molecule has 0 fully saturated rings. The Morgan fingerprint density at radius 2 is 2.19 bits per heavy atom. The van der Waals surface area contributed by atoms with Gasteiger partial charge in [-0.2, -0.15) is 0 Å². The van der Waals surface area contributed by atoms with Gasteiger partial charge in [0, 0.05) is 10.9 Å². The van der Waals surface area contributed by atoms with Crippen LogP contribution in [0.4, 0.5) is 4.39 Å². The largest absolute Gasteiger partial charge is 0.458 e. The van der Waals surface area contributed by atoms with Gasteiger partial charge >= 0.3 is 0 Å². The Kier molecular flexibility index (Phi) is 3.17. The zero-order valence-corrected chi connectivity index (χ0v) is 9.99. The number of aryl methyl sites for hydroxylation is 1. The predicted molar refractivity (Wildman–Crippen MR) is 63.3 cm³/mol. The molecule has 0 aliphatic rings. The summed E-state index contributed by atoms with van der Waals surface area (Å²) in [4.78, 5) is 0. The minimum Gasteiger partial charge on any atom is -0.458 e. The van der Waals surface area contributed by atoms with E-state index in [0.717, 1.165) is 23.1 Å². The Morgan fingerprint density at radius 3 is 2.81 bits per heavy atom. The van der Waals surface area contributed by atoms with E-state index in [1.54, 1.807) is 0 Å². The number of fused-ring (bicyclic) bond motifs is 1. The smallest absolute Gasteiger partial charge is 0.153 e. The molecule has 2 nitrogen and oxygen atoms in total. The molecule has 1 aromatic heterocycles. The zero-order valence-electron chi connectivity index (χ0n) is 9.23. The van der Waals surface area contributed by atoms with Gasteiger partial charge in [0.2, 0.25) is 0 Å². The third-order valence-electron chi connectivity index (χ3n) is 2.59. The highest BCUT2D eigenvalue weighted by molar-refractivity contribution is 6.34. The Hall–Kier alpha value is -1.06.